The fourth-order valence-electron chi connectivity index (χ4n) is 2.88. The molecule has 152 valence electrons. The van der Waals surface area contributed by atoms with Gasteiger partial charge in [0.05, 0.1) is 5.56 Å². The van der Waals surface area contributed by atoms with E-state index in [2.05, 4.69) is 20.9 Å². The van der Waals surface area contributed by atoms with Gasteiger partial charge in [-0.1, -0.05) is 27.7 Å². The van der Waals surface area contributed by atoms with Crippen LogP contribution in [0.4, 0.5) is 16.0 Å². The summed E-state index contributed by atoms with van der Waals surface area (Å²) in [4.78, 5) is 28.4. The first kappa shape index (κ1) is 22.9. The van der Waals surface area contributed by atoms with Crippen molar-refractivity contribution in [1.29, 1.82) is 0 Å². The minimum absolute atomic E-state index is 0.0169. The second kappa shape index (κ2) is 9.67. The molecule has 1 aromatic rings. The van der Waals surface area contributed by atoms with Crippen LogP contribution in [0.2, 0.25) is 0 Å². The molecule has 1 heterocycles. The molecule has 0 aliphatic carbocycles. The van der Waals surface area contributed by atoms with Crippen molar-refractivity contribution >= 4 is 23.3 Å². The molecular formula is C20H33FN4O2. The van der Waals surface area contributed by atoms with Gasteiger partial charge in [-0.25, -0.2) is 9.37 Å². The van der Waals surface area contributed by atoms with Crippen molar-refractivity contribution in [3.8, 4) is 0 Å². The van der Waals surface area contributed by atoms with Crippen LogP contribution in [0.15, 0.2) is 6.07 Å². The van der Waals surface area contributed by atoms with Crippen molar-refractivity contribution in [2.45, 2.75) is 73.1 Å². The van der Waals surface area contributed by atoms with Crippen molar-refractivity contribution in [2.75, 3.05) is 17.7 Å². The summed E-state index contributed by atoms with van der Waals surface area (Å²) < 4.78 is 13.5. The van der Waals surface area contributed by atoms with Crippen molar-refractivity contribution in [3.05, 3.63) is 17.2 Å². The second-order valence-corrected chi connectivity index (χ2v) is 8.08. The summed E-state index contributed by atoms with van der Waals surface area (Å²) in [6.07, 6.45) is 1.15. The van der Waals surface area contributed by atoms with Gasteiger partial charge in [-0.2, -0.15) is 0 Å². The number of hydrogen-bond acceptors (Lipinski definition) is 5. The van der Waals surface area contributed by atoms with E-state index in [0.717, 1.165) is 0 Å². The number of halogens is 1. The predicted molar refractivity (Wildman–Crippen MR) is 108 cm³/mol. The van der Waals surface area contributed by atoms with Gasteiger partial charge in [0, 0.05) is 31.1 Å². The maximum atomic E-state index is 13.5. The first-order valence-corrected chi connectivity index (χ1v) is 9.36. The van der Waals surface area contributed by atoms with Crippen LogP contribution in [0.3, 0.4) is 0 Å². The molecule has 0 aromatic carbocycles. The number of Topliss-reactive ketones (excluding diaryl/α,β-unsaturated/α-hetero) is 1. The van der Waals surface area contributed by atoms with Crippen molar-refractivity contribution in [1.82, 2.24) is 10.3 Å². The zero-order valence-corrected chi connectivity index (χ0v) is 17.5. The zero-order valence-electron chi connectivity index (χ0n) is 17.5. The summed E-state index contributed by atoms with van der Waals surface area (Å²) in [7, 11) is 1.67. The Morgan fingerprint density at radius 3 is 2.33 bits per heavy atom. The van der Waals surface area contributed by atoms with Crippen LogP contribution in [0.1, 0.15) is 70.3 Å². The Labute approximate surface area is 161 Å². The van der Waals surface area contributed by atoms with E-state index in [-0.39, 0.29) is 29.2 Å². The van der Waals surface area contributed by atoms with Gasteiger partial charge in [0.15, 0.2) is 5.78 Å². The molecule has 2 unspecified atom stereocenters. The number of rotatable bonds is 9. The average Bonchev–Trinajstić information content (AvgIpc) is 2.56. The van der Waals surface area contributed by atoms with Gasteiger partial charge < -0.3 is 16.0 Å². The standard InChI is InChI=1S/C20H33FN4O2/c1-8-16(12(2)23-17(27)10-20(4,5)6)24-18-14(11-21)9-15(13(3)26)19(22-7)25-18/h9,12,16H,8,10-11H2,1-7H3,(H,23,27)(H2,22,24,25). The molecule has 0 bridgehead atoms. The lowest BCUT2D eigenvalue weighted by Gasteiger charge is -2.28. The molecule has 0 aliphatic rings. The number of alkyl halides is 1. The summed E-state index contributed by atoms with van der Waals surface area (Å²) in [5.74, 6) is 0.594. The number of hydrogen-bond donors (Lipinski definition) is 3. The minimum atomic E-state index is -0.735. The maximum Gasteiger partial charge on any atom is 0.220 e. The lowest BCUT2D eigenvalue weighted by Crippen LogP contribution is -2.45. The molecule has 2 atom stereocenters. The molecular weight excluding hydrogens is 347 g/mol. The molecule has 0 fully saturated rings. The highest BCUT2D eigenvalue weighted by Gasteiger charge is 2.23. The molecule has 0 saturated heterocycles. The molecule has 6 nitrogen and oxygen atoms in total. The Bertz CT molecular complexity index is 671. The summed E-state index contributed by atoms with van der Waals surface area (Å²) in [6.45, 7) is 10.6. The summed E-state index contributed by atoms with van der Waals surface area (Å²) in [6, 6.07) is 1.24. The third-order valence-electron chi connectivity index (χ3n) is 4.31. The van der Waals surface area contributed by atoms with Gasteiger partial charge in [-0.3, -0.25) is 9.59 Å². The Kier molecular flexibility index (Phi) is 8.19. The molecule has 0 radical (unpaired) electrons. The first-order valence-electron chi connectivity index (χ1n) is 9.36. The lowest BCUT2D eigenvalue weighted by molar-refractivity contribution is -0.123. The number of carbonyl (C=O) groups excluding carboxylic acids is 2. The molecule has 1 rings (SSSR count). The van der Waals surface area contributed by atoms with Gasteiger partial charge in [-0.05, 0) is 31.7 Å². The highest BCUT2D eigenvalue weighted by atomic mass is 19.1. The second-order valence-electron chi connectivity index (χ2n) is 8.08. The summed E-state index contributed by atoms with van der Waals surface area (Å²) >= 11 is 0. The average molecular weight is 381 g/mol. The van der Waals surface area contributed by atoms with E-state index in [0.29, 0.717) is 35.6 Å². The Hall–Kier alpha value is -2.18. The van der Waals surface area contributed by atoms with Crippen molar-refractivity contribution in [3.63, 3.8) is 0 Å². The van der Waals surface area contributed by atoms with E-state index in [1.54, 1.807) is 7.05 Å². The molecule has 1 amide bonds. The molecule has 0 aliphatic heterocycles. The van der Waals surface area contributed by atoms with Gasteiger partial charge in [0.1, 0.15) is 18.3 Å². The number of carbonyl (C=O) groups is 2. The largest absolute Gasteiger partial charge is 0.372 e. The van der Waals surface area contributed by atoms with Gasteiger partial charge in [0.25, 0.3) is 0 Å². The highest BCUT2D eigenvalue weighted by Crippen LogP contribution is 2.24. The predicted octanol–water partition coefficient (Wildman–Crippen LogP) is 3.93. The topological polar surface area (TPSA) is 83.1 Å². The monoisotopic (exact) mass is 380 g/mol. The number of aromatic nitrogens is 1. The summed E-state index contributed by atoms with van der Waals surface area (Å²) in [5.41, 5.74) is 0.590. The van der Waals surface area contributed by atoms with Crippen molar-refractivity contribution < 1.29 is 14.0 Å². The van der Waals surface area contributed by atoms with Crippen LogP contribution < -0.4 is 16.0 Å². The van der Waals surface area contributed by atoms with E-state index in [4.69, 9.17) is 0 Å². The first-order chi connectivity index (χ1) is 12.5. The molecule has 3 N–H and O–H groups in total. The van der Waals surface area contributed by atoms with E-state index in [1.165, 1.54) is 13.0 Å². The van der Waals surface area contributed by atoms with Crippen molar-refractivity contribution in [2.24, 2.45) is 5.41 Å². The fourth-order valence-corrected chi connectivity index (χ4v) is 2.88. The lowest BCUT2D eigenvalue weighted by atomic mass is 9.91. The van der Waals surface area contributed by atoms with Crippen LogP contribution >= 0.6 is 0 Å². The smallest absolute Gasteiger partial charge is 0.220 e. The number of pyridine rings is 1. The van der Waals surface area contributed by atoms with Crippen LogP contribution in [-0.4, -0.2) is 35.8 Å². The van der Waals surface area contributed by atoms with E-state index >= 15 is 0 Å². The molecule has 7 heteroatoms. The third-order valence-corrected chi connectivity index (χ3v) is 4.31. The van der Waals surface area contributed by atoms with E-state index in [9.17, 15) is 14.0 Å². The van der Waals surface area contributed by atoms with Crippen LogP contribution in [0.5, 0.6) is 0 Å². The molecule has 27 heavy (non-hydrogen) atoms. The molecule has 0 saturated carbocycles. The third kappa shape index (κ3) is 6.81. The maximum absolute atomic E-state index is 13.5. The number of amides is 1. The van der Waals surface area contributed by atoms with Crippen LogP contribution in [0.25, 0.3) is 0 Å². The Morgan fingerprint density at radius 2 is 1.89 bits per heavy atom. The Balaban J connectivity index is 3.02. The Morgan fingerprint density at radius 1 is 1.26 bits per heavy atom. The number of nitrogens with zero attached hydrogens (tertiary/aromatic N) is 1. The SMILES string of the molecule is CCC(Nc1nc(NC)c(C(C)=O)cc1CF)C(C)NC(=O)CC(C)(C)C. The molecule has 0 spiro atoms. The van der Waals surface area contributed by atoms with Crippen LogP contribution in [0, 0.1) is 5.41 Å². The van der Waals surface area contributed by atoms with Gasteiger partial charge in [-0.15, -0.1) is 0 Å². The van der Waals surface area contributed by atoms with Crippen LogP contribution in [-0.2, 0) is 11.5 Å². The normalized spacial score (nSPS) is 13.6. The fraction of sp³-hybridized carbons (Fsp3) is 0.650. The van der Waals surface area contributed by atoms with Gasteiger partial charge >= 0.3 is 0 Å². The molecule has 1 aromatic heterocycles. The minimum Gasteiger partial charge on any atom is -0.372 e. The quantitative estimate of drug-likeness (QED) is 0.566. The van der Waals surface area contributed by atoms with Gasteiger partial charge in [0.2, 0.25) is 5.91 Å². The van der Waals surface area contributed by atoms with E-state index < -0.39 is 6.67 Å². The highest BCUT2D eigenvalue weighted by molar-refractivity contribution is 5.99. The number of ketones is 1. The summed E-state index contributed by atoms with van der Waals surface area (Å²) in [5, 5.41) is 9.13. The number of anilines is 2. The zero-order chi connectivity index (χ0) is 20.8. The van der Waals surface area contributed by atoms with E-state index in [1.807, 2.05) is 34.6 Å². The number of nitrogens with one attached hydrogen (secondary N) is 3.